The van der Waals surface area contributed by atoms with Crippen molar-refractivity contribution < 1.29 is 0 Å². The second-order valence-electron chi connectivity index (χ2n) is 6.77. The SMILES string of the molecule is CC(C)(C)CN1C[C@@H](CN)[C@H](c2ccccc2)C1.Cl. The number of likely N-dealkylation sites (tertiary alicyclic amines) is 1. The molecule has 1 aliphatic rings. The zero-order valence-electron chi connectivity index (χ0n) is 12.3. The lowest BCUT2D eigenvalue weighted by Crippen LogP contribution is -2.31. The van der Waals surface area contributed by atoms with Crippen LogP contribution < -0.4 is 5.73 Å². The summed E-state index contributed by atoms with van der Waals surface area (Å²) in [4.78, 5) is 2.58. The van der Waals surface area contributed by atoms with Crippen LogP contribution in [0.4, 0.5) is 0 Å². The van der Waals surface area contributed by atoms with E-state index >= 15 is 0 Å². The molecule has 0 aromatic heterocycles. The van der Waals surface area contributed by atoms with E-state index in [1.165, 1.54) is 5.56 Å². The average molecular weight is 283 g/mol. The lowest BCUT2D eigenvalue weighted by molar-refractivity contribution is 0.220. The maximum absolute atomic E-state index is 5.96. The molecule has 19 heavy (non-hydrogen) atoms. The van der Waals surface area contributed by atoms with Crippen LogP contribution in [0.2, 0.25) is 0 Å². The molecule has 0 unspecified atom stereocenters. The van der Waals surface area contributed by atoms with Crippen molar-refractivity contribution in [2.45, 2.75) is 26.7 Å². The number of nitrogens with zero attached hydrogens (tertiary/aromatic N) is 1. The maximum atomic E-state index is 5.96. The van der Waals surface area contributed by atoms with Crippen molar-refractivity contribution in [1.29, 1.82) is 0 Å². The zero-order chi connectivity index (χ0) is 13.2. The summed E-state index contributed by atoms with van der Waals surface area (Å²) >= 11 is 0. The van der Waals surface area contributed by atoms with Gasteiger partial charge >= 0.3 is 0 Å². The van der Waals surface area contributed by atoms with Gasteiger partial charge in [0.25, 0.3) is 0 Å². The molecule has 1 aromatic carbocycles. The van der Waals surface area contributed by atoms with E-state index in [-0.39, 0.29) is 12.4 Å². The van der Waals surface area contributed by atoms with Gasteiger partial charge in [-0.1, -0.05) is 51.1 Å². The molecule has 0 spiro atoms. The highest BCUT2D eigenvalue weighted by molar-refractivity contribution is 5.85. The van der Waals surface area contributed by atoms with Gasteiger partial charge in [-0.15, -0.1) is 12.4 Å². The first-order valence-corrected chi connectivity index (χ1v) is 6.97. The van der Waals surface area contributed by atoms with Gasteiger partial charge < -0.3 is 10.6 Å². The second-order valence-corrected chi connectivity index (χ2v) is 6.77. The van der Waals surface area contributed by atoms with Crippen LogP contribution in [-0.4, -0.2) is 31.1 Å². The van der Waals surface area contributed by atoms with E-state index in [9.17, 15) is 0 Å². The van der Waals surface area contributed by atoms with E-state index in [1.54, 1.807) is 0 Å². The molecule has 1 aromatic rings. The lowest BCUT2D eigenvalue weighted by Gasteiger charge is -2.26. The highest BCUT2D eigenvalue weighted by atomic mass is 35.5. The molecule has 108 valence electrons. The largest absolute Gasteiger partial charge is 0.330 e. The van der Waals surface area contributed by atoms with Crippen LogP contribution >= 0.6 is 12.4 Å². The quantitative estimate of drug-likeness (QED) is 0.923. The number of hydrogen-bond acceptors (Lipinski definition) is 2. The zero-order valence-corrected chi connectivity index (χ0v) is 13.1. The van der Waals surface area contributed by atoms with Crippen molar-refractivity contribution in [2.75, 3.05) is 26.2 Å². The van der Waals surface area contributed by atoms with Crippen molar-refractivity contribution in [3.8, 4) is 0 Å². The highest BCUT2D eigenvalue weighted by Crippen LogP contribution is 2.33. The third-order valence-corrected chi connectivity index (χ3v) is 3.75. The average Bonchev–Trinajstić information content (AvgIpc) is 2.71. The molecule has 2 atom stereocenters. The summed E-state index contributed by atoms with van der Waals surface area (Å²) < 4.78 is 0. The summed E-state index contributed by atoms with van der Waals surface area (Å²) in [6, 6.07) is 10.8. The lowest BCUT2D eigenvalue weighted by atomic mass is 9.89. The Morgan fingerprint density at radius 2 is 1.79 bits per heavy atom. The normalized spacial score (nSPS) is 24.2. The molecule has 1 fully saturated rings. The minimum Gasteiger partial charge on any atom is -0.330 e. The van der Waals surface area contributed by atoms with Gasteiger partial charge in [0.05, 0.1) is 0 Å². The smallest absolute Gasteiger partial charge is 0.00543 e. The van der Waals surface area contributed by atoms with E-state index in [1.807, 2.05) is 0 Å². The summed E-state index contributed by atoms with van der Waals surface area (Å²) in [6.07, 6.45) is 0. The Morgan fingerprint density at radius 1 is 1.16 bits per heavy atom. The molecule has 2 N–H and O–H groups in total. The van der Waals surface area contributed by atoms with Gasteiger partial charge in [0.1, 0.15) is 0 Å². The molecule has 0 radical (unpaired) electrons. The molecule has 2 nitrogen and oxygen atoms in total. The first-order valence-electron chi connectivity index (χ1n) is 6.97. The molecule has 1 heterocycles. The van der Waals surface area contributed by atoms with E-state index in [0.717, 1.165) is 26.2 Å². The van der Waals surface area contributed by atoms with Gasteiger partial charge in [-0.05, 0) is 23.4 Å². The molecule has 1 saturated heterocycles. The van der Waals surface area contributed by atoms with Crippen molar-refractivity contribution in [3.63, 3.8) is 0 Å². The number of hydrogen-bond donors (Lipinski definition) is 1. The summed E-state index contributed by atoms with van der Waals surface area (Å²) in [7, 11) is 0. The Labute approximate surface area is 123 Å². The Balaban J connectivity index is 0.00000180. The van der Waals surface area contributed by atoms with Crippen molar-refractivity contribution >= 4 is 12.4 Å². The Bertz CT molecular complexity index is 372. The monoisotopic (exact) mass is 282 g/mol. The topological polar surface area (TPSA) is 29.3 Å². The minimum absolute atomic E-state index is 0. The Kier molecular flexibility index (Phi) is 5.84. The van der Waals surface area contributed by atoms with Gasteiger partial charge in [0, 0.05) is 25.6 Å². The molecule has 1 aliphatic heterocycles. The summed E-state index contributed by atoms with van der Waals surface area (Å²) in [5.41, 5.74) is 7.78. The highest BCUT2D eigenvalue weighted by Gasteiger charge is 2.34. The Hall–Kier alpha value is -0.570. The van der Waals surface area contributed by atoms with Crippen LogP contribution in [0.25, 0.3) is 0 Å². The van der Waals surface area contributed by atoms with Crippen LogP contribution in [0.1, 0.15) is 32.3 Å². The van der Waals surface area contributed by atoms with Gasteiger partial charge in [-0.25, -0.2) is 0 Å². The first-order chi connectivity index (χ1) is 8.49. The van der Waals surface area contributed by atoms with Crippen molar-refractivity contribution in [1.82, 2.24) is 4.90 Å². The fourth-order valence-corrected chi connectivity index (χ4v) is 3.08. The predicted molar refractivity (Wildman–Crippen MR) is 84.9 cm³/mol. The Morgan fingerprint density at radius 3 is 2.32 bits per heavy atom. The third kappa shape index (κ3) is 4.48. The van der Waals surface area contributed by atoms with Crippen LogP contribution in [-0.2, 0) is 0 Å². The summed E-state index contributed by atoms with van der Waals surface area (Å²) in [5.74, 6) is 1.22. The predicted octanol–water partition coefficient (Wildman–Crippen LogP) is 3.13. The maximum Gasteiger partial charge on any atom is 0.00543 e. The fraction of sp³-hybridized carbons (Fsp3) is 0.625. The third-order valence-electron chi connectivity index (χ3n) is 3.75. The fourth-order valence-electron chi connectivity index (χ4n) is 3.08. The molecular weight excluding hydrogens is 256 g/mol. The second kappa shape index (κ2) is 6.74. The van der Waals surface area contributed by atoms with Gasteiger partial charge in [-0.3, -0.25) is 0 Å². The van der Waals surface area contributed by atoms with Crippen molar-refractivity contribution in [2.24, 2.45) is 17.1 Å². The molecule has 2 rings (SSSR count). The number of benzene rings is 1. The standard InChI is InChI=1S/C16H26N2.ClH/c1-16(2,3)12-18-10-14(9-17)15(11-18)13-7-5-4-6-8-13;/h4-8,14-15H,9-12,17H2,1-3H3;1H/t14-,15+;/m1./s1. The van der Waals surface area contributed by atoms with Crippen molar-refractivity contribution in [3.05, 3.63) is 35.9 Å². The van der Waals surface area contributed by atoms with Crippen LogP contribution in [0, 0.1) is 11.3 Å². The molecule has 0 bridgehead atoms. The van der Waals surface area contributed by atoms with Gasteiger partial charge in [-0.2, -0.15) is 0 Å². The molecule has 0 aliphatic carbocycles. The molecule has 0 saturated carbocycles. The van der Waals surface area contributed by atoms with E-state index in [2.05, 4.69) is 56.0 Å². The summed E-state index contributed by atoms with van der Waals surface area (Å²) in [5, 5.41) is 0. The minimum atomic E-state index is 0. The van der Waals surface area contributed by atoms with Crippen LogP contribution in [0.15, 0.2) is 30.3 Å². The number of nitrogens with two attached hydrogens (primary N) is 1. The summed E-state index contributed by atoms with van der Waals surface area (Å²) in [6.45, 7) is 11.2. The van der Waals surface area contributed by atoms with Gasteiger partial charge in [0.2, 0.25) is 0 Å². The van der Waals surface area contributed by atoms with Crippen LogP contribution in [0.3, 0.4) is 0 Å². The number of rotatable bonds is 3. The number of halogens is 1. The van der Waals surface area contributed by atoms with E-state index in [4.69, 9.17) is 5.73 Å². The van der Waals surface area contributed by atoms with E-state index in [0.29, 0.717) is 17.3 Å². The first kappa shape index (κ1) is 16.5. The van der Waals surface area contributed by atoms with E-state index < -0.39 is 0 Å². The molecule has 3 heteroatoms. The van der Waals surface area contributed by atoms with Crippen LogP contribution in [0.5, 0.6) is 0 Å². The molecule has 0 amide bonds. The molecular formula is C16H27ClN2. The van der Waals surface area contributed by atoms with Gasteiger partial charge in [0.15, 0.2) is 0 Å².